The molecule has 1 aliphatic rings. The van der Waals surface area contributed by atoms with Crippen LogP contribution in [-0.2, 0) is 21.4 Å². The van der Waals surface area contributed by atoms with Crippen molar-refractivity contribution >= 4 is 48.5 Å². The number of nitrogens with one attached hydrogen (secondary N) is 2. The molecule has 0 atom stereocenters. The largest absolute Gasteiger partial charge is 0.352 e. The third-order valence-electron chi connectivity index (χ3n) is 5.04. The Kier molecular flexibility index (Phi) is 6.03. The molecule has 0 spiro atoms. The van der Waals surface area contributed by atoms with Gasteiger partial charge in [0.25, 0.3) is 5.91 Å². The Morgan fingerprint density at radius 2 is 1.81 bits per heavy atom. The Morgan fingerprint density at radius 1 is 1.10 bits per heavy atom. The van der Waals surface area contributed by atoms with Gasteiger partial charge in [0.15, 0.2) is 5.13 Å². The Hall–Kier alpha value is -2.82. The van der Waals surface area contributed by atoms with Gasteiger partial charge in [-0.2, -0.15) is 4.31 Å². The summed E-state index contributed by atoms with van der Waals surface area (Å²) in [5.74, 6) is -0.427. The van der Waals surface area contributed by atoms with Crippen molar-refractivity contribution in [3.8, 4) is 0 Å². The Labute approximate surface area is 184 Å². The zero-order chi connectivity index (χ0) is 22.0. The fraction of sp³-hybridized carbons (Fsp3) is 0.286. The van der Waals surface area contributed by atoms with Gasteiger partial charge >= 0.3 is 0 Å². The number of fused-ring (bicyclic) bond motifs is 1. The highest BCUT2D eigenvalue weighted by atomic mass is 32.2. The van der Waals surface area contributed by atoms with Crippen molar-refractivity contribution in [3.05, 3.63) is 53.6 Å². The minimum absolute atomic E-state index is 0.117. The van der Waals surface area contributed by atoms with Crippen LogP contribution in [0.25, 0.3) is 10.2 Å². The smallest absolute Gasteiger partial charge is 0.257 e. The molecule has 2 N–H and O–H groups in total. The highest BCUT2D eigenvalue weighted by Gasteiger charge is 2.27. The number of benzene rings is 2. The maximum Gasteiger partial charge on any atom is 0.257 e. The Balaban J connectivity index is 1.48. The predicted octanol–water partition coefficient (Wildman–Crippen LogP) is 2.97. The lowest BCUT2D eigenvalue weighted by atomic mass is 10.1. The van der Waals surface area contributed by atoms with Crippen LogP contribution in [0.4, 0.5) is 5.13 Å². The van der Waals surface area contributed by atoms with Crippen LogP contribution >= 0.6 is 11.3 Å². The number of thiazole rings is 1. The number of carbonyl (C=O) groups is 2. The summed E-state index contributed by atoms with van der Waals surface area (Å²) < 4.78 is 27.8. The van der Waals surface area contributed by atoms with Gasteiger partial charge in [-0.05, 0) is 48.7 Å². The number of anilines is 1. The second kappa shape index (κ2) is 8.74. The van der Waals surface area contributed by atoms with Gasteiger partial charge in [0.05, 0.1) is 15.1 Å². The second-order valence-corrected chi connectivity index (χ2v) is 10.3. The zero-order valence-corrected chi connectivity index (χ0v) is 18.6. The van der Waals surface area contributed by atoms with Crippen molar-refractivity contribution in [3.63, 3.8) is 0 Å². The van der Waals surface area contributed by atoms with Crippen LogP contribution in [0.1, 0.15) is 35.7 Å². The van der Waals surface area contributed by atoms with E-state index in [2.05, 4.69) is 15.6 Å². The van der Waals surface area contributed by atoms with Crippen LogP contribution in [0.2, 0.25) is 0 Å². The van der Waals surface area contributed by atoms with Crippen molar-refractivity contribution < 1.29 is 18.0 Å². The molecule has 0 aliphatic carbocycles. The molecule has 3 aromatic rings. The molecule has 0 bridgehead atoms. The summed E-state index contributed by atoms with van der Waals surface area (Å²) in [5, 5.41) is 5.87. The van der Waals surface area contributed by atoms with Crippen molar-refractivity contribution in [2.45, 2.75) is 31.2 Å². The number of hydrogen-bond acceptors (Lipinski definition) is 6. The molecule has 10 heteroatoms. The number of sulfonamides is 1. The van der Waals surface area contributed by atoms with Crippen molar-refractivity contribution in [1.29, 1.82) is 0 Å². The van der Waals surface area contributed by atoms with E-state index in [-0.39, 0.29) is 16.7 Å². The lowest BCUT2D eigenvalue weighted by Crippen LogP contribution is -2.27. The fourth-order valence-electron chi connectivity index (χ4n) is 3.37. The van der Waals surface area contributed by atoms with Crippen LogP contribution in [0.3, 0.4) is 0 Å². The van der Waals surface area contributed by atoms with Gasteiger partial charge < -0.3 is 5.32 Å². The van der Waals surface area contributed by atoms with Gasteiger partial charge in [-0.25, -0.2) is 13.4 Å². The van der Waals surface area contributed by atoms with Gasteiger partial charge in [-0.3, -0.25) is 14.9 Å². The Bertz CT molecular complexity index is 1230. The van der Waals surface area contributed by atoms with Crippen molar-refractivity contribution in [2.75, 3.05) is 18.4 Å². The second-order valence-electron chi connectivity index (χ2n) is 7.32. The highest BCUT2D eigenvalue weighted by molar-refractivity contribution is 7.89. The summed E-state index contributed by atoms with van der Waals surface area (Å²) in [7, 11) is -3.50. The molecule has 0 radical (unpaired) electrons. The molecule has 31 heavy (non-hydrogen) atoms. The zero-order valence-electron chi connectivity index (χ0n) is 16.9. The highest BCUT2D eigenvalue weighted by Crippen LogP contribution is 2.30. The lowest BCUT2D eigenvalue weighted by Gasteiger charge is -2.15. The molecule has 4 rings (SSSR count). The lowest BCUT2D eigenvalue weighted by molar-refractivity contribution is -0.119. The minimum Gasteiger partial charge on any atom is -0.352 e. The van der Waals surface area contributed by atoms with E-state index in [4.69, 9.17) is 0 Å². The normalized spacial score (nSPS) is 14.6. The number of nitrogens with zero attached hydrogens (tertiary/aromatic N) is 2. The van der Waals surface area contributed by atoms with E-state index in [0.29, 0.717) is 40.5 Å². The number of hydrogen-bond donors (Lipinski definition) is 2. The van der Waals surface area contributed by atoms with Gasteiger partial charge in [0.1, 0.15) is 0 Å². The molecule has 2 heterocycles. The molecule has 0 saturated carbocycles. The van der Waals surface area contributed by atoms with E-state index in [1.165, 1.54) is 22.6 Å². The molecule has 2 aromatic carbocycles. The summed E-state index contributed by atoms with van der Waals surface area (Å²) in [6.45, 7) is 2.95. The maximum atomic E-state index is 12.8. The number of rotatable bonds is 6. The molecular formula is C21H22N4O4S2. The first kappa shape index (κ1) is 21.4. The average Bonchev–Trinajstić information content (AvgIpc) is 3.42. The van der Waals surface area contributed by atoms with Crippen molar-refractivity contribution in [1.82, 2.24) is 14.6 Å². The summed E-state index contributed by atoms with van der Waals surface area (Å²) in [6.07, 6.45) is 1.76. The predicted molar refractivity (Wildman–Crippen MR) is 120 cm³/mol. The Morgan fingerprint density at radius 3 is 2.48 bits per heavy atom. The topological polar surface area (TPSA) is 108 Å². The first-order chi connectivity index (χ1) is 14.8. The number of aromatic nitrogens is 1. The van der Waals surface area contributed by atoms with E-state index in [9.17, 15) is 18.0 Å². The monoisotopic (exact) mass is 458 g/mol. The number of carbonyl (C=O) groups excluding carboxylic acids is 2. The average molecular weight is 459 g/mol. The standard InChI is InChI=1S/C21H22N4O4S2/c1-14(26)22-13-15-4-6-16(7-5-15)20(27)24-21-23-18-9-8-17(12-19(18)30-21)31(28,29)25-10-2-3-11-25/h4-9,12H,2-3,10-11,13H2,1H3,(H,22,26)(H,23,24,27). The summed E-state index contributed by atoms with van der Waals surface area (Å²) >= 11 is 1.23. The van der Waals surface area contributed by atoms with Gasteiger partial charge in [0, 0.05) is 32.1 Å². The summed E-state index contributed by atoms with van der Waals surface area (Å²) in [5.41, 5.74) is 1.98. The third kappa shape index (κ3) is 4.76. The van der Waals surface area contributed by atoms with Crippen LogP contribution < -0.4 is 10.6 Å². The van der Waals surface area contributed by atoms with E-state index in [0.717, 1.165) is 18.4 Å². The third-order valence-corrected chi connectivity index (χ3v) is 7.87. The fourth-order valence-corrected chi connectivity index (χ4v) is 5.88. The van der Waals surface area contributed by atoms with Gasteiger partial charge in [0.2, 0.25) is 15.9 Å². The summed E-state index contributed by atoms with van der Waals surface area (Å²) in [4.78, 5) is 28.2. The van der Waals surface area contributed by atoms with E-state index in [1.54, 1.807) is 42.5 Å². The van der Waals surface area contributed by atoms with Crippen LogP contribution in [0, 0.1) is 0 Å². The van der Waals surface area contributed by atoms with Crippen LogP contribution in [-0.4, -0.2) is 42.6 Å². The SMILES string of the molecule is CC(=O)NCc1ccc(C(=O)Nc2nc3ccc(S(=O)(=O)N4CCCC4)cc3s2)cc1. The van der Waals surface area contributed by atoms with Crippen molar-refractivity contribution in [2.24, 2.45) is 0 Å². The van der Waals surface area contributed by atoms with Gasteiger partial charge in [-0.15, -0.1) is 0 Å². The molecule has 2 amide bonds. The van der Waals surface area contributed by atoms with Crippen LogP contribution in [0.15, 0.2) is 47.4 Å². The molecule has 1 aliphatic heterocycles. The van der Waals surface area contributed by atoms with E-state index < -0.39 is 10.0 Å². The number of amides is 2. The first-order valence-corrected chi connectivity index (χ1v) is 12.1. The minimum atomic E-state index is -3.50. The maximum absolute atomic E-state index is 12.8. The molecule has 1 saturated heterocycles. The molecule has 8 nitrogen and oxygen atoms in total. The molecule has 162 valence electrons. The van der Waals surface area contributed by atoms with Crippen LogP contribution in [0.5, 0.6) is 0 Å². The molecule has 1 fully saturated rings. The first-order valence-electron chi connectivity index (χ1n) is 9.88. The summed E-state index contributed by atoms with van der Waals surface area (Å²) in [6, 6.07) is 11.8. The molecule has 1 aromatic heterocycles. The quantitative estimate of drug-likeness (QED) is 0.590. The molecule has 0 unspecified atom stereocenters. The van der Waals surface area contributed by atoms with Gasteiger partial charge in [-0.1, -0.05) is 23.5 Å². The van der Waals surface area contributed by atoms with E-state index >= 15 is 0 Å². The molecular weight excluding hydrogens is 436 g/mol. The van der Waals surface area contributed by atoms with E-state index in [1.807, 2.05) is 0 Å².